The molecule has 0 aliphatic carbocycles. The predicted molar refractivity (Wildman–Crippen MR) is 176 cm³/mol. The third-order valence-corrected chi connectivity index (χ3v) is 7.66. The van der Waals surface area contributed by atoms with E-state index in [9.17, 15) is 5.11 Å². The number of benzene rings is 3. The zero-order valence-corrected chi connectivity index (χ0v) is 23.8. The summed E-state index contributed by atoms with van der Waals surface area (Å²) in [5.74, 6) is 0.942. The van der Waals surface area contributed by atoms with Crippen molar-refractivity contribution < 1.29 is 9.94 Å². The van der Waals surface area contributed by atoms with E-state index in [4.69, 9.17) is 15.6 Å². The highest BCUT2D eigenvalue weighted by molar-refractivity contribution is 6.14. The lowest BCUT2D eigenvalue weighted by Gasteiger charge is -2.25. The fourth-order valence-electron chi connectivity index (χ4n) is 5.60. The van der Waals surface area contributed by atoms with Crippen LogP contribution in [0.2, 0.25) is 0 Å². The summed E-state index contributed by atoms with van der Waals surface area (Å²) in [7, 11) is 0. The van der Waals surface area contributed by atoms with Gasteiger partial charge in [0.15, 0.2) is 5.75 Å². The Balaban J connectivity index is 1.32. The van der Waals surface area contributed by atoms with Crippen molar-refractivity contribution in [3.63, 3.8) is 0 Å². The van der Waals surface area contributed by atoms with Crippen LogP contribution in [0.15, 0.2) is 151 Å². The van der Waals surface area contributed by atoms with Gasteiger partial charge in [-0.2, -0.15) is 5.59 Å². The number of aromatic nitrogens is 2. The molecule has 44 heavy (non-hydrogen) atoms. The smallest absolute Gasteiger partial charge is 0.169 e. The molecule has 5 aromatic rings. The summed E-state index contributed by atoms with van der Waals surface area (Å²) in [6, 6.07) is 31.8. The Hall–Kier alpha value is -6.08. The van der Waals surface area contributed by atoms with E-state index in [0.717, 1.165) is 45.1 Å². The van der Waals surface area contributed by atoms with Gasteiger partial charge in [0.2, 0.25) is 0 Å². The summed E-state index contributed by atoms with van der Waals surface area (Å²) in [4.78, 5) is 15.6. The first-order valence-corrected chi connectivity index (χ1v) is 14.3. The van der Waals surface area contributed by atoms with Crippen molar-refractivity contribution in [1.82, 2.24) is 9.66 Å². The van der Waals surface area contributed by atoms with Crippen molar-refractivity contribution in [2.75, 3.05) is 5.59 Å². The highest BCUT2D eigenvalue weighted by atomic mass is 16.7. The van der Waals surface area contributed by atoms with Gasteiger partial charge < -0.3 is 15.7 Å². The van der Waals surface area contributed by atoms with Gasteiger partial charge in [0.05, 0.1) is 28.5 Å². The van der Waals surface area contributed by atoms with E-state index < -0.39 is 0 Å². The molecule has 0 amide bonds. The molecule has 0 fully saturated rings. The van der Waals surface area contributed by atoms with Crippen LogP contribution >= 0.6 is 0 Å². The van der Waals surface area contributed by atoms with Crippen LogP contribution in [0.4, 0.5) is 0 Å². The minimum atomic E-state index is 0.147. The molecule has 7 nitrogen and oxygen atoms in total. The highest BCUT2D eigenvalue weighted by Crippen LogP contribution is 2.41. The summed E-state index contributed by atoms with van der Waals surface area (Å²) in [6.45, 7) is 0. The summed E-state index contributed by atoms with van der Waals surface area (Å²) >= 11 is 0. The van der Waals surface area contributed by atoms with E-state index in [-0.39, 0.29) is 5.75 Å². The first-order chi connectivity index (χ1) is 21.7. The Kier molecular flexibility index (Phi) is 7.10. The molecule has 0 bridgehead atoms. The lowest BCUT2D eigenvalue weighted by Crippen LogP contribution is -2.26. The van der Waals surface area contributed by atoms with Crippen LogP contribution in [-0.4, -0.2) is 20.5 Å². The first kappa shape index (κ1) is 26.8. The number of hydrogen-bond acceptors (Lipinski definition) is 6. The molecular weight excluding hydrogens is 546 g/mol. The maximum atomic E-state index is 11.3. The maximum absolute atomic E-state index is 11.3. The third-order valence-electron chi connectivity index (χ3n) is 7.66. The number of phenolic OH excluding ortho intramolecular Hbond substituents is 1. The number of pyridine rings is 1. The van der Waals surface area contributed by atoms with Crippen LogP contribution in [0, 0.1) is 0 Å². The van der Waals surface area contributed by atoms with Gasteiger partial charge in [-0.1, -0.05) is 66.7 Å². The SMILES string of the molecule is N/C=C\C=C/Cc1cccc2c1ONn1c(/C(=C3/C=CC(c4cccc(-c5ccccn5)c4O)=N3)c3ccccc3)ccc1-2. The zero-order chi connectivity index (χ0) is 29.9. The van der Waals surface area contributed by atoms with Crippen molar-refractivity contribution in [2.45, 2.75) is 6.42 Å². The number of aromatic hydroxyl groups is 1. The van der Waals surface area contributed by atoms with E-state index in [1.54, 1.807) is 12.3 Å². The summed E-state index contributed by atoms with van der Waals surface area (Å²) in [6.07, 6.45) is 13.6. The van der Waals surface area contributed by atoms with Gasteiger partial charge >= 0.3 is 0 Å². The average Bonchev–Trinajstić information content (AvgIpc) is 3.73. The van der Waals surface area contributed by atoms with Gasteiger partial charge in [0.1, 0.15) is 5.75 Å². The zero-order valence-electron chi connectivity index (χ0n) is 23.8. The van der Waals surface area contributed by atoms with Crippen molar-refractivity contribution in [3.8, 4) is 34.0 Å². The van der Waals surface area contributed by atoms with Gasteiger partial charge in [-0.3, -0.25) is 4.98 Å². The van der Waals surface area contributed by atoms with Crippen LogP contribution in [0.3, 0.4) is 0 Å². The number of hydrogen-bond donors (Lipinski definition) is 3. The van der Waals surface area contributed by atoms with Crippen LogP contribution in [0.1, 0.15) is 22.4 Å². The van der Waals surface area contributed by atoms with Gasteiger partial charge in [-0.15, -0.1) is 0 Å². The van der Waals surface area contributed by atoms with E-state index in [0.29, 0.717) is 29.0 Å². The number of para-hydroxylation sites is 2. The van der Waals surface area contributed by atoms with Gasteiger partial charge in [0.25, 0.3) is 0 Å². The number of allylic oxidation sites excluding steroid dienone is 5. The maximum Gasteiger partial charge on any atom is 0.169 e. The van der Waals surface area contributed by atoms with Crippen LogP contribution in [-0.2, 0) is 6.42 Å². The molecule has 3 aromatic carbocycles. The molecule has 2 aliphatic heterocycles. The minimum Gasteiger partial charge on any atom is -0.507 e. The standard InChI is InChI=1S/C37H29N5O2/c38-23-7-2-5-13-26-14-9-17-29-33-21-22-34(42(33)41-44-37(26)29)35(25-11-3-1-4-12-25)32-20-19-31(40-32)28-16-10-15-27(36(28)43)30-18-6-8-24-39-30/h1-12,14-24,41,43H,13,38H2/b5-2-,23-7-,35-32-. The molecule has 0 saturated carbocycles. The summed E-state index contributed by atoms with van der Waals surface area (Å²) < 4.78 is 1.95. The summed E-state index contributed by atoms with van der Waals surface area (Å²) in [5.41, 5.74) is 17.9. The number of phenols is 1. The van der Waals surface area contributed by atoms with E-state index in [1.807, 2.05) is 89.6 Å². The van der Waals surface area contributed by atoms with Crippen molar-refractivity contribution in [1.29, 1.82) is 0 Å². The van der Waals surface area contributed by atoms with E-state index in [1.165, 1.54) is 6.20 Å². The molecule has 7 heteroatoms. The predicted octanol–water partition coefficient (Wildman–Crippen LogP) is 7.16. The molecule has 2 aliphatic rings. The Morgan fingerprint density at radius 2 is 1.66 bits per heavy atom. The first-order valence-electron chi connectivity index (χ1n) is 14.3. The molecular formula is C37H29N5O2. The Bertz CT molecular complexity index is 2000. The molecule has 0 atom stereocenters. The second kappa shape index (κ2) is 11.7. The number of fused-ring (bicyclic) bond motifs is 3. The van der Waals surface area contributed by atoms with E-state index >= 15 is 0 Å². The molecule has 4 heterocycles. The second-order valence-corrected chi connectivity index (χ2v) is 10.3. The quantitative estimate of drug-likeness (QED) is 0.179. The molecule has 0 spiro atoms. The third kappa shape index (κ3) is 4.86. The minimum absolute atomic E-state index is 0.147. The van der Waals surface area contributed by atoms with Crippen LogP contribution in [0.25, 0.3) is 28.1 Å². The van der Waals surface area contributed by atoms with Crippen LogP contribution in [0.5, 0.6) is 11.5 Å². The normalized spacial score (nSPS) is 14.7. The van der Waals surface area contributed by atoms with Gasteiger partial charge in [0, 0.05) is 34.0 Å². The van der Waals surface area contributed by atoms with Crippen molar-refractivity contribution in [3.05, 3.63) is 168 Å². The highest BCUT2D eigenvalue weighted by Gasteiger charge is 2.26. The average molecular weight is 576 g/mol. The van der Waals surface area contributed by atoms with Crippen molar-refractivity contribution >= 4 is 11.3 Å². The van der Waals surface area contributed by atoms with E-state index in [2.05, 4.69) is 47.0 Å². The Labute approximate surface area is 255 Å². The molecule has 0 unspecified atom stereocenters. The number of nitrogens with zero attached hydrogens (tertiary/aromatic N) is 3. The molecule has 4 N–H and O–H groups in total. The number of rotatable bonds is 7. The lowest BCUT2D eigenvalue weighted by molar-refractivity contribution is 0.328. The molecule has 0 radical (unpaired) electrons. The second-order valence-electron chi connectivity index (χ2n) is 10.3. The Morgan fingerprint density at radius 1 is 0.841 bits per heavy atom. The number of aliphatic imine (C=N–C) groups is 1. The lowest BCUT2D eigenvalue weighted by atomic mass is 10.0. The number of nitrogens with one attached hydrogen (secondary N) is 1. The molecule has 7 rings (SSSR count). The monoisotopic (exact) mass is 575 g/mol. The molecule has 214 valence electrons. The summed E-state index contributed by atoms with van der Waals surface area (Å²) in [5, 5.41) is 11.3. The Morgan fingerprint density at radius 3 is 2.50 bits per heavy atom. The number of nitrogens with two attached hydrogens (primary N) is 1. The topological polar surface area (TPSA) is 97.7 Å². The van der Waals surface area contributed by atoms with Crippen molar-refractivity contribution in [2.24, 2.45) is 10.7 Å². The molecule has 0 saturated heterocycles. The van der Waals surface area contributed by atoms with Crippen LogP contribution < -0.4 is 16.2 Å². The fourth-order valence-corrected chi connectivity index (χ4v) is 5.60. The van der Waals surface area contributed by atoms with Gasteiger partial charge in [-0.25, -0.2) is 9.67 Å². The molecule has 2 aromatic heterocycles. The van der Waals surface area contributed by atoms with Gasteiger partial charge in [-0.05, 0) is 78.9 Å². The fraction of sp³-hybridized carbons (Fsp3) is 0.0270. The largest absolute Gasteiger partial charge is 0.507 e.